The molecule has 0 bridgehead atoms. The predicted molar refractivity (Wildman–Crippen MR) is 55.3 cm³/mol. The summed E-state index contributed by atoms with van der Waals surface area (Å²) in [7, 11) is 0. The van der Waals surface area contributed by atoms with Crippen molar-refractivity contribution in [3.05, 3.63) is 0 Å². The molecule has 0 aliphatic carbocycles. The van der Waals surface area contributed by atoms with Crippen LogP contribution in [-0.2, 0) is 21.7 Å². The van der Waals surface area contributed by atoms with Crippen molar-refractivity contribution in [3.8, 4) is 0 Å². The van der Waals surface area contributed by atoms with Gasteiger partial charge in [0.25, 0.3) is 0 Å². The van der Waals surface area contributed by atoms with Crippen LogP contribution in [0.25, 0.3) is 0 Å². The molecule has 84 valence electrons. The fraction of sp³-hybridized carbons (Fsp3) is 1.00. The normalized spacial score (nSPS) is 14.8. The molecule has 2 N–H and O–H groups in total. The van der Waals surface area contributed by atoms with Crippen molar-refractivity contribution in [2.45, 2.75) is 59.7 Å². The molecule has 0 spiro atoms. The van der Waals surface area contributed by atoms with Crippen LogP contribution in [0.1, 0.15) is 53.9 Å². The van der Waals surface area contributed by atoms with Gasteiger partial charge >= 0.3 is 0 Å². The number of hydrogen-bond donors (Lipinski definition) is 2. The Hall–Kier alpha value is 0.634. The molecule has 0 radical (unpaired) electrons. The van der Waals surface area contributed by atoms with Crippen molar-refractivity contribution in [2.75, 3.05) is 0 Å². The van der Waals surface area contributed by atoms with Gasteiger partial charge in [0.15, 0.2) is 5.79 Å². The molecule has 0 amide bonds. The molecule has 0 saturated carbocycles. The van der Waals surface area contributed by atoms with Gasteiger partial charge < -0.3 is 10.2 Å². The molecule has 0 aromatic rings. The molecule has 0 heterocycles. The molecule has 0 aliphatic heterocycles. The van der Waals surface area contributed by atoms with Crippen molar-refractivity contribution in [2.24, 2.45) is 11.3 Å². The van der Waals surface area contributed by atoms with E-state index in [1.165, 1.54) is 6.92 Å². The van der Waals surface area contributed by atoms with Crippen LogP contribution in [-0.4, -0.2) is 16.0 Å². The molecule has 0 saturated heterocycles. The van der Waals surface area contributed by atoms with Gasteiger partial charge in [-0.15, -0.1) is 0 Å². The van der Waals surface area contributed by atoms with Crippen LogP contribution in [0.15, 0.2) is 0 Å². The zero-order valence-corrected chi connectivity index (χ0v) is 11.7. The van der Waals surface area contributed by atoms with E-state index in [0.29, 0.717) is 5.92 Å². The molecule has 1 atom stereocenters. The minimum atomic E-state index is -1.58. The Morgan fingerprint density at radius 3 is 1.86 bits per heavy atom. The first-order chi connectivity index (χ1) is 5.73. The van der Waals surface area contributed by atoms with E-state index >= 15 is 0 Å². The van der Waals surface area contributed by atoms with E-state index in [9.17, 15) is 10.2 Å². The van der Waals surface area contributed by atoms with Gasteiger partial charge in [0.2, 0.25) is 0 Å². The van der Waals surface area contributed by atoms with Gasteiger partial charge in [-0.25, -0.2) is 0 Å². The van der Waals surface area contributed by atoms with Crippen LogP contribution >= 0.6 is 0 Å². The zero-order chi connectivity index (χ0) is 10.7. The Balaban J connectivity index is 0. The van der Waals surface area contributed by atoms with Crippen LogP contribution in [0.5, 0.6) is 0 Å². The third kappa shape index (κ3) is 4.44. The van der Waals surface area contributed by atoms with Crippen LogP contribution in [0, 0.1) is 11.3 Å². The summed E-state index contributed by atoms with van der Waals surface area (Å²) in [6, 6.07) is 0. The van der Waals surface area contributed by atoms with Crippen LogP contribution in [0.2, 0.25) is 0 Å². The molecule has 0 aliphatic rings. The van der Waals surface area contributed by atoms with Crippen LogP contribution in [0.3, 0.4) is 0 Å². The second-order valence-electron chi connectivity index (χ2n) is 4.79. The number of unbranched alkanes of at least 4 members (excludes halogenated alkanes) is 1. The Kier molecular flexibility index (Phi) is 7.63. The topological polar surface area (TPSA) is 40.5 Å². The first-order valence-corrected chi connectivity index (χ1v) is 5.18. The zero-order valence-electron chi connectivity index (χ0n) is 10.1. The minimum absolute atomic E-state index is 0. The minimum Gasteiger partial charge on any atom is -0.365 e. The molecule has 3 heteroatoms. The van der Waals surface area contributed by atoms with Crippen molar-refractivity contribution in [1.82, 2.24) is 0 Å². The molecule has 0 aromatic heterocycles. The Labute approximate surface area is 103 Å². The van der Waals surface area contributed by atoms with E-state index in [2.05, 4.69) is 13.8 Å². The summed E-state index contributed by atoms with van der Waals surface area (Å²) >= 11 is 0. The summed E-state index contributed by atoms with van der Waals surface area (Å²) < 4.78 is 0. The quantitative estimate of drug-likeness (QED) is 0.568. The van der Waals surface area contributed by atoms with E-state index in [1.54, 1.807) is 0 Å². The largest absolute Gasteiger partial charge is 0.365 e. The molecule has 2 nitrogen and oxygen atoms in total. The fourth-order valence-electron chi connectivity index (χ4n) is 1.34. The molecule has 14 heavy (non-hydrogen) atoms. The molecular formula is C11H24O2Ti. The average Bonchev–Trinajstić information content (AvgIpc) is 1.97. The first-order valence-electron chi connectivity index (χ1n) is 5.18. The van der Waals surface area contributed by atoms with Crippen molar-refractivity contribution in [1.29, 1.82) is 0 Å². The van der Waals surface area contributed by atoms with Crippen molar-refractivity contribution in [3.63, 3.8) is 0 Å². The van der Waals surface area contributed by atoms with Crippen molar-refractivity contribution >= 4 is 0 Å². The monoisotopic (exact) mass is 236 g/mol. The summed E-state index contributed by atoms with van der Waals surface area (Å²) in [5, 5.41) is 19.1. The Morgan fingerprint density at radius 2 is 1.57 bits per heavy atom. The molecule has 0 fully saturated rings. The van der Waals surface area contributed by atoms with Gasteiger partial charge in [-0.2, -0.15) is 0 Å². The van der Waals surface area contributed by atoms with Gasteiger partial charge in [-0.3, -0.25) is 0 Å². The summed E-state index contributed by atoms with van der Waals surface area (Å²) in [4.78, 5) is 0. The number of hydrogen-bond acceptors (Lipinski definition) is 2. The Bertz CT molecular complexity index is 150. The van der Waals surface area contributed by atoms with E-state index in [-0.39, 0.29) is 21.7 Å². The number of aliphatic hydroxyl groups is 2. The first kappa shape index (κ1) is 17.0. The maximum Gasteiger partial charge on any atom is 0.165 e. The number of rotatable bonds is 5. The van der Waals surface area contributed by atoms with Gasteiger partial charge in [0.05, 0.1) is 0 Å². The summed E-state index contributed by atoms with van der Waals surface area (Å²) in [5.74, 6) is -1.26. The van der Waals surface area contributed by atoms with E-state index in [0.717, 1.165) is 19.3 Å². The summed E-state index contributed by atoms with van der Waals surface area (Å²) in [6.45, 7) is 9.52. The molecule has 0 rings (SSSR count). The van der Waals surface area contributed by atoms with E-state index < -0.39 is 11.2 Å². The SMILES string of the molecule is CCCCC(C)C(C)(C)C(C)(O)O.[Ti]. The van der Waals surface area contributed by atoms with E-state index in [4.69, 9.17) is 0 Å². The third-order valence-electron chi connectivity index (χ3n) is 3.44. The molecular weight excluding hydrogens is 212 g/mol. The maximum atomic E-state index is 9.57. The third-order valence-corrected chi connectivity index (χ3v) is 3.44. The van der Waals surface area contributed by atoms with Crippen LogP contribution in [0.4, 0.5) is 0 Å². The summed E-state index contributed by atoms with van der Waals surface area (Å²) in [6.07, 6.45) is 3.37. The van der Waals surface area contributed by atoms with Gasteiger partial charge in [0, 0.05) is 27.1 Å². The molecule has 1 unspecified atom stereocenters. The second-order valence-corrected chi connectivity index (χ2v) is 4.79. The van der Waals surface area contributed by atoms with E-state index in [1.807, 2.05) is 13.8 Å². The molecule has 0 aromatic carbocycles. The smallest absolute Gasteiger partial charge is 0.165 e. The van der Waals surface area contributed by atoms with Crippen molar-refractivity contribution < 1.29 is 31.9 Å². The fourth-order valence-corrected chi connectivity index (χ4v) is 1.34. The second kappa shape index (κ2) is 6.27. The summed E-state index contributed by atoms with van der Waals surface area (Å²) in [5.41, 5.74) is -0.442. The predicted octanol–water partition coefficient (Wildman–Crippen LogP) is 2.54. The average molecular weight is 236 g/mol. The standard InChI is InChI=1S/C11H24O2.Ti/c1-6-7-8-9(2)10(3,4)11(5,12)13;/h9,12-13H,6-8H2,1-5H3;. The van der Waals surface area contributed by atoms with Gasteiger partial charge in [-0.1, -0.05) is 47.0 Å². The van der Waals surface area contributed by atoms with Gasteiger partial charge in [0.1, 0.15) is 0 Å². The maximum absolute atomic E-state index is 9.57. The Morgan fingerprint density at radius 1 is 1.14 bits per heavy atom. The van der Waals surface area contributed by atoms with Gasteiger partial charge in [-0.05, 0) is 12.8 Å². The van der Waals surface area contributed by atoms with Crippen LogP contribution < -0.4 is 0 Å².